The quantitative estimate of drug-likeness (QED) is 0.0588. The summed E-state index contributed by atoms with van der Waals surface area (Å²) in [6.45, 7) is 15.8. The molecule has 0 N–H and O–H groups in total. The number of rotatable bonds is 10. The molecule has 30 aromatic carbocycles. The van der Waals surface area contributed by atoms with Crippen LogP contribution in [0.3, 0.4) is 0 Å². The molecule has 0 unspecified atom stereocenters. The van der Waals surface area contributed by atoms with Gasteiger partial charge in [-0.25, -0.2) is 0 Å². The van der Waals surface area contributed by atoms with Gasteiger partial charge >= 0.3 is 0 Å². The Kier molecular flexibility index (Phi) is 4.91. The average molecular weight is 1190 g/mol. The van der Waals surface area contributed by atoms with E-state index in [-0.39, 0.29) is 0 Å². The molecule has 30 aromatic rings. The van der Waals surface area contributed by atoms with E-state index in [4.69, 9.17) is 15.4 Å². The molecule has 4 aliphatic carbocycles. The molecule has 2 nitrogen and oxygen atoms in total. The Bertz CT molecular complexity index is 8300. The lowest BCUT2D eigenvalue weighted by Gasteiger charge is -2.49. The van der Waals surface area contributed by atoms with Crippen LogP contribution in [0.2, 0.25) is 25.7 Å². The lowest BCUT2D eigenvalue weighted by Crippen LogP contribution is -2.49. The minimum Gasteiger partial charge on any atom is -0.492 e. The van der Waals surface area contributed by atoms with Crippen molar-refractivity contribution in [3.63, 3.8) is 0 Å². The third-order valence-corrected chi connectivity index (χ3v) is 31.6. The van der Waals surface area contributed by atoms with Gasteiger partial charge in [0.05, 0.1) is 29.8 Å². The van der Waals surface area contributed by atoms with E-state index in [0.29, 0.717) is 13.2 Å². The molecule has 0 aliphatic heterocycles. The lowest BCUT2D eigenvalue weighted by molar-refractivity contribution is 0.307. The number of hydrogen-bond donors (Lipinski definition) is 0. The van der Waals surface area contributed by atoms with Gasteiger partial charge in [0.15, 0.2) is 0 Å². The Hall–Kier alpha value is -9.81. The van der Waals surface area contributed by atoms with E-state index in [2.05, 4.69) is 94.6 Å². The van der Waals surface area contributed by atoms with Gasteiger partial charge in [-0.15, -0.1) is 11.8 Å². The first-order valence-corrected chi connectivity index (χ1v) is 38.9. The van der Waals surface area contributed by atoms with Crippen molar-refractivity contribution in [3.8, 4) is 35.2 Å². The molecule has 0 saturated carbocycles. The summed E-state index contributed by atoms with van der Waals surface area (Å²) in [6, 6.07) is 14.6. The monoisotopic (exact) mass is 1180 g/mol. The second kappa shape index (κ2) is 10.9. The van der Waals surface area contributed by atoms with Crippen LogP contribution in [0.25, 0.3) is 291 Å². The van der Waals surface area contributed by atoms with Gasteiger partial charge < -0.3 is 9.47 Å². The SMILES string of the molecule is CCCOc1cc(C#CC23c4c5c6c7c8c9c(c%10c%11c2c2c4c4c%12c5c5c6c6c8c8c%13c9c9c%10c%10c%11c%11c2c2c4c4c%12c%12c5c5c6c8c6c8c%13c9c9c%10c%10c%11c2c2c4c4c%12c5c6c5c8c9c%10c2c45)C73C)c(OCCC)cc1C#Cc1ccc(SCC[Si](C)(C)C)cc1. The smallest absolute Gasteiger partial charge is 0.136 e. The fourth-order valence-electron chi connectivity index (χ4n) is 26.7. The van der Waals surface area contributed by atoms with Crippen molar-refractivity contribution in [2.24, 2.45) is 0 Å². The summed E-state index contributed by atoms with van der Waals surface area (Å²) in [5.74, 6) is 19.0. The van der Waals surface area contributed by atoms with Crippen LogP contribution >= 0.6 is 11.8 Å². The highest BCUT2D eigenvalue weighted by atomic mass is 32.2. The highest BCUT2D eigenvalue weighted by molar-refractivity contribution is 7.99. The summed E-state index contributed by atoms with van der Waals surface area (Å²) >= 11 is 1.97. The number of benzene rings is 20. The molecule has 92 heavy (non-hydrogen) atoms. The molecule has 4 heteroatoms. The molecule has 0 fully saturated rings. The van der Waals surface area contributed by atoms with E-state index in [1.54, 1.807) is 313 Å². The number of thioether (sulfide) groups is 1. The minimum absolute atomic E-state index is 0.537. The Morgan fingerprint density at radius 3 is 0.870 bits per heavy atom. The average Bonchev–Trinajstić information content (AvgIpc) is 1.39. The standard InChI is InChI=1S/C88H36O2SSi/c1-7-17-89-27-22-25(28(90-18-8-2)21-24(27)12-9-23-10-13-26(14-11-23)91-19-20-92(4,5)6)15-16-88-85-79-73-63-51-43-35-31-29-30-33-37(35)45(51)55-49-41(33)42-34(30)38-36-32(29)40-39(31)47-53(43)61-67-57(47)58-48(40)54-44(36)52-46(38)56-50(42)60-59(49)71(65(55)73)81(85)82-72(60)66(56)74-64(52)70-62(54)68(58)76-75(67)83(77(79)69(61)63)87(88,3)84(76)78(70)80(74)86(82)88/h10-11,13-14,21-22H,7-8,17-20H2,1-6H3. The van der Waals surface area contributed by atoms with Gasteiger partial charge in [0.1, 0.15) is 11.5 Å². The summed E-state index contributed by atoms with van der Waals surface area (Å²) < 4.78 is 13.9. The summed E-state index contributed by atoms with van der Waals surface area (Å²) in [5, 5.41) is 86.6. The number of ether oxygens (including phenoxy) is 2. The van der Waals surface area contributed by atoms with Crippen molar-refractivity contribution in [1.82, 2.24) is 0 Å². The van der Waals surface area contributed by atoms with Crippen LogP contribution < -0.4 is 9.47 Å². The third kappa shape index (κ3) is 2.92. The maximum absolute atomic E-state index is 7.05. The topological polar surface area (TPSA) is 18.5 Å². The first kappa shape index (κ1) is 41.5. The van der Waals surface area contributed by atoms with Gasteiger partial charge in [-0.1, -0.05) is 57.2 Å². The fourth-order valence-corrected chi connectivity index (χ4v) is 30.1. The first-order chi connectivity index (χ1) is 45.2. The zero-order valence-electron chi connectivity index (χ0n) is 50.4. The molecule has 410 valence electrons. The molecule has 0 saturated heterocycles. The molecule has 0 amide bonds. The fraction of sp³-hybridized carbons (Fsp3) is 0.159. The van der Waals surface area contributed by atoms with E-state index < -0.39 is 18.9 Å². The molecule has 0 spiro atoms. The number of hydrogen-bond acceptors (Lipinski definition) is 3. The summed E-state index contributed by atoms with van der Waals surface area (Å²) in [4.78, 5) is 1.31. The second-order valence-corrected chi connectivity index (χ2v) is 39.1. The highest BCUT2D eigenvalue weighted by Crippen LogP contribution is 2.84. The lowest BCUT2D eigenvalue weighted by atomic mass is 9.49. The Balaban J connectivity index is 0.823. The molecule has 4 aliphatic rings. The van der Waals surface area contributed by atoms with Crippen molar-refractivity contribution in [3.05, 3.63) is 75.3 Å². The molecular weight excluding hydrogens is 1150 g/mol. The van der Waals surface area contributed by atoms with Crippen molar-refractivity contribution in [2.75, 3.05) is 19.0 Å². The maximum Gasteiger partial charge on any atom is 0.136 e. The Morgan fingerprint density at radius 2 is 0.598 bits per heavy atom. The Labute approximate surface area is 521 Å². The predicted octanol–water partition coefficient (Wildman–Crippen LogP) is 23.8. The van der Waals surface area contributed by atoms with E-state index in [1.807, 2.05) is 11.8 Å². The van der Waals surface area contributed by atoms with Crippen LogP contribution in [0.1, 0.15) is 72.6 Å². The van der Waals surface area contributed by atoms with Crippen LogP contribution in [0.4, 0.5) is 0 Å². The van der Waals surface area contributed by atoms with Gasteiger partial charge in [-0.05, 0) is 369 Å². The molecule has 0 bridgehead atoms. The zero-order chi connectivity index (χ0) is 57.9. The third-order valence-electron chi connectivity index (χ3n) is 28.5. The highest BCUT2D eigenvalue weighted by Gasteiger charge is 2.68. The Morgan fingerprint density at radius 1 is 0.337 bits per heavy atom. The molecule has 0 atom stereocenters. The summed E-state index contributed by atoms with van der Waals surface area (Å²) in [7, 11) is -1.11. The van der Waals surface area contributed by atoms with E-state index in [9.17, 15) is 0 Å². The van der Waals surface area contributed by atoms with Gasteiger partial charge in [-0.3, -0.25) is 0 Å². The molecule has 0 aromatic heterocycles. The largest absolute Gasteiger partial charge is 0.492 e. The van der Waals surface area contributed by atoms with Gasteiger partial charge in [0.25, 0.3) is 0 Å². The first-order valence-electron chi connectivity index (χ1n) is 34.2. The van der Waals surface area contributed by atoms with Crippen LogP contribution in [-0.2, 0) is 10.8 Å². The van der Waals surface area contributed by atoms with Crippen LogP contribution in [-0.4, -0.2) is 27.0 Å². The second-order valence-electron chi connectivity index (χ2n) is 32.3. The van der Waals surface area contributed by atoms with Crippen molar-refractivity contribution < 1.29 is 9.47 Å². The molecule has 34 rings (SSSR count). The summed E-state index contributed by atoms with van der Waals surface area (Å²) in [6.07, 6.45) is 1.78. The van der Waals surface area contributed by atoms with Crippen LogP contribution in [0.15, 0.2) is 41.3 Å². The normalized spacial score (nSPS) is 19.2. The van der Waals surface area contributed by atoms with Crippen molar-refractivity contribution in [2.45, 2.75) is 75.0 Å². The maximum atomic E-state index is 7.05. The van der Waals surface area contributed by atoms with Crippen molar-refractivity contribution in [1.29, 1.82) is 0 Å². The molecular formula is C88H36O2SSi. The van der Waals surface area contributed by atoms with E-state index in [0.717, 1.165) is 46.8 Å². The molecule has 0 heterocycles. The minimum atomic E-state index is -1.11. The van der Waals surface area contributed by atoms with Crippen LogP contribution in [0, 0.1) is 23.7 Å². The zero-order valence-corrected chi connectivity index (χ0v) is 52.2. The predicted molar refractivity (Wildman–Crippen MR) is 396 cm³/mol. The van der Waals surface area contributed by atoms with Crippen LogP contribution in [0.5, 0.6) is 11.5 Å². The van der Waals surface area contributed by atoms with Gasteiger partial charge in [-0.2, -0.15) is 0 Å². The van der Waals surface area contributed by atoms with E-state index in [1.165, 1.54) is 10.9 Å². The molecule has 0 radical (unpaired) electrons. The van der Waals surface area contributed by atoms with Gasteiger partial charge in [0.2, 0.25) is 0 Å². The summed E-state index contributed by atoms with van der Waals surface area (Å²) in [5.41, 5.74) is 7.78. The van der Waals surface area contributed by atoms with Crippen molar-refractivity contribution >= 4 is 311 Å². The van der Waals surface area contributed by atoms with Gasteiger partial charge in [0, 0.05) is 36.1 Å². The van der Waals surface area contributed by atoms with E-state index >= 15 is 0 Å².